The molecular weight excluding hydrogens is 430 g/mol. The molecule has 0 radical (unpaired) electrons. The Balaban J connectivity index is 1.65. The van der Waals surface area contributed by atoms with Crippen LogP contribution in [0.5, 0.6) is 5.75 Å². The van der Waals surface area contributed by atoms with Gasteiger partial charge in [0.25, 0.3) is 0 Å². The number of imide groups is 1. The normalized spacial score (nSPS) is 28.5. The molecule has 0 N–H and O–H groups in total. The van der Waals surface area contributed by atoms with Gasteiger partial charge in [-0.15, -0.1) is 13.2 Å². The van der Waals surface area contributed by atoms with Gasteiger partial charge in [0.2, 0.25) is 11.8 Å². The highest BCUT2D eigenvalue weighted by Gasteiger charge is 2.84. The van der Waals surface area contributed by atoms with Gasteiger partial charge in [0.05, 0.1) is 17.0 Å². The van der Waals surface area contributed by atoms with Crippen LogP contribution in [0.15, 0.2) is 42.5 Å². The molecule has 0 aromatic heterocycles. The number of amides is 2. The van der Waals surface area contributed by atoms with E-state index in [1.165, 1.54) is 42.5 Å². The summed E-state index contributed by atoms with van der Waals surface area (Å²) in [6.07, 6.45) is -4.79. The Kier molecular flexibility index (Phi) is 4.23. The molecule has 2 aromatic rings. The number of fused-ring (bicyclic) bond motifs is 1. The van der Waals surface area contributed by atoms with E-state index in [4.69, 9.17) is 23.2 Å². The van der Waals surface area contributed by atoms with Crippen LogP contribution in [-0.2, 0) is 15.0 Å². The smallest absolute Gasteiger partial charge is 0.406 e. The molecule has 152 valence electrons. The van der Waals surface area contributed by atoms with E-state index < -0.39 is 34.9 Å². The molecule has 1 saturated heterocycles. The standard InChI is InChI=1S/C20H14Cl2F3NO3/c1-18(10-3-5-14(6-4-10)29-20(23,24)25)15-16(27)26(17(28)19(15,18)2)13-8-11(21)7-12(22)9-13/h3-9,15H,1-2H3/t15?,18-,19-/m1/s1. The molecule has 1 unspecified atom stereocenters. The van der Waals surface area contributed by atoms with Gasteiger partial charge in [-0.3, -0.25) is 9.59 Å². The first kappa shape index (κ1) is 20.0. The molecule has 3 atom stereocenters. The van der Waals surface area contributed by atoms with Crippen LogP contribution in [0.4, 0.5) is 18.9 Å². The molecule has 2 amide bonds. The van der Waals surface area contributed by atoms with Crippen molar-refractivity contribution in [3.05, 3.63) is 58.1 Å². The Labute approximate surface area is 174 Å². The van der Waals surface area contributed by atoms with Gasteiger partial charge in [0, 0.05) is 15.5 Å². The van der Waals surface area contributed by atoms with E-state index in [1.807, 2.05) is 0 Å². The molecule has 1 aliphatic heterocycles. The monoisotopic (exact) mass is 443 g/mol. The van der Waals surface area contributed by atoms with Crippen LogP contribution >= 0.6 is 23.2 Å². The molecular formula is C20H14Cl2F3NO3. The number of hydrogen-bond acceptors (Lipinski definition) is 3. The van der Waals surface area contributed by atoms with Gasteiger partial charge >= 0.3 is 6.36 Å². The number of alkyl halides is 3. The lowest BCUT2D eigenvalue weighted by molar-refractivity contribution is -0.274. The minimum absolute atomic E-state index is 0.293. The number of rotatable bonds is 3. The SMILES string of the molecule is C[C@]12C(=O)N(c3cc(Cl)cc(Cl)c3)C(=O)C1[C@@]2(C)c1ccc(OC(F)(F)F)cc1. The first-order chi connectivity index (χ1) is 13.4. The Hall–Kier alpha value is -2.25. The number of ether oxygens (including phenoxy) is 1. The number of anilines is 1. The van der Waals surface area contributed by atoms with Gasteiger partial charge in [-0.1, -0.05) is 42.3 Å². The summed E-state index contributed by atoms with van der Waals surface area (Å²) in [7, 11) is 0. The highest BCUT2D eigenvalue weighted by atomic mass is 35.5. The molecule has 29 heavy (non-hydrogen) atoms. The van der Waals surface area contributed by atoms with Crippen molar-refractivity contribution in [2.24, 2.45) is 11.3 Å². The second-order valence-corrected chi connectivity index (χ2v) is 8.39. The fourth-order valence-electron chi connectivity index (χ4n) is 4.48. The van der Waals surface area contributed by atoms with Crippen LogP contribution in [0.3, 0.4) is 0 Å². The maximum atomic E-state index is 13.2. The predicted octanol–water partition coefficient (Wildman–Crippen LogP) is 5.36. The number of hydrogen-bond donors (Lipinski definition) is 0. The van der Waals surface area contributed by atoms with Gasteiger partial charge in [0.15, 0.2) is 0 Å². The summed E-state index contributed by atoms with van der Waals surface area (Å²) in [4.78, 5) is 27.3. The minimum atomic E-state index is -4.79. The molecule has 2 aromatic carbocycles. The van der Waals surface area contributed by atoms with Crippen molar-refractivity contribution in [2.75, 3.05) is 4.90 Å². The van der Waals surface area contributed by atoms with Crippen LogP contribution in [0.1, 0.15) is 19.4 Å². The number of benzene rings is 2. The summed E-state index contributed by atoms with van der Waals surface area (Å²) >= 11 is 12.0. The van der Waals surface area contributed by atoms with Crippen LogP contribution in [0.2, 0.25) is 10.0 Å². The summed E-state index contributed by atoms with van der Waals surface area (Å²) < 4.78 is 41.0. The molecule has 1 heterocycles. The zero-order valence-corrected chi connectivity index (χ0v) is 16.7. The maximum Gasteiger partial charge on any atom is 0.573 e. The van der Waals surface area contributed by atoms with Gasteiger partial charge in [0.1, 0.15) is 5.75 Å². The second kappa shape index (κ2) is 6.12. The quantitative estimate of drug-likeness (QED) is 0.599. The van der Waals surface area contributed by atoms with Crippen LogP contribution in [0.25, 0.3) is 0 Å². The van der Waals surface area contributed by atoms with Crippen molar-refractivity contribution in [3.63, 3.8) is 0 Å². The Morgan fingerprint density at radius 1 is 0.966 bits per heavy atom. The first-order valence-electron chi connectivity index (χ1n) is 8.60. The van der Waals surface area contributed by atoms with Crippen molar-refractivity contribution in [3.8, 4) is 5.75 Å². The zero-order valence-electron chi connectivity index (χ0n) is 15.2. The first-order valence-corrected chi connectivity index (χ1v) is 9.36. The highest BCUT2D eigenvalue weighted by Crippen LogP contribution is 2.74. The summed E-state index contributed by atoms with van der Waals surface area (Å²) in [6, 6.07) is 9.71. The summed E-state index contributed by atoms with van der Waals surface area (Å²) in [5.41, 5.74) is -0.977. The molecule has 2 fully saturated rings. The van der Waals surface area contributed by atoms with Crippen molar-refractivity contribution in [1.29, 1.82) is 0 Å². The van der Waals surface area contributed by atoms with E-state index in [0.29, 0.717) is 21.3 Å². The van der Waals surface area contributed by atoms with E-state index >= 15 is 0 Å². The third kappa shape index (κ3) is 2.82. The third-order valence-corrected chi connectivity index (χ3v) is 6.49. The molecule has 9 heteroatoms. The lowest BCUT2D eigenvalue weighted by Gasteiger charge is -2.26. The lowest BCUT2D eigenvalue weighted by Crippen LogP contribution is -2.40. The number of halogens is 5. The summed E-state index contributed by atoms with van der Waals surface area (Å²) in [5.74, 6) is -1.80. The average Bonchev–Trinajstić information content (AvgIpc) is 3.02. The number of carbonyl (C=O) groups excluding carboxylic acids is 2. The number of carbonyl (C=O) groups is 2. The Morgan fingerprint density at radius 2 is 1.52 bits per heavy atom. The lowest BCUT2D eigenvalue weighted by atomic mass is 9.86. The van der Waals surface area contributed by atoms with Gasteiger partial charge in [-0.05, 0) is 42.8 Å². The molecule has 0 bridgehead atoms. The van der Waals surface area contributed by atoms with Crippen molar-refractivity contribution < 1.29 is 27.5 Å². The predicted molar refractivity (Wildman–Crippen MR) is 101 cm³/mol. The van der Waals surface area contributed by atoms with Crippen LogP contribution < -0.4 is 9.64 Å². The molecule has 1 saturated carbocycles. The minimum Gasteiger partial charge on any atom is -0.406 e. The van der Waals surface area contributed by atoms with Gasteiger partial charge < -0.3 is 4.74 Å². The maximum absolute atomic E-state index is 13.2. The summed E-state index contributed by atoms with van der Waals surface area (Å²) in [6.45, 7) is 3.44. The van der Waals surface area contributed by atoms with Crippen molar-refractivity contribution >= 4 is 40.7 Å². The van der Waals surface area contributed by atoms with Crippen LogP contribution in [0, 0.1) is 11.3 Å². The fourth-order valence-corrected chi connectivity index (χ4v) is 5.00. The fraction of sp³-hybridized carbons (Fsp3) is 0.300. The van der Waals surface area contributed by atoms with E-state index in [9.17, 15) is 22.8 Å². The van der Waals surface area contributed by atoms with Crippen LogP contribution in [-0.4, -0.2) is 18.2 Å². The molecule has 4 nitrogen and oxygen atoms in total. The van der Waals surface area contributed by atoms with E-state index in [2.05, 4.69) is 4.74 Å². The van der Waals surface area contributed by atoms with Gasteiger partial charge in [-0.2, -0.15) is 0 Å². The largest absolute Gasteiger partial charge is 0.573 e. The second-order valence-electron chi connectivity index (χ2n) is 7.52. The average molecular weight is 444 g/mol. The van der Waals surface area contributed by atoms with Crippen molar-refractivity contribution in [2.45, 2.75) is 25.6 Å². The molecule has 4 rings (SSSR count). The van der Waals surface area contributed by atoms with Gasteiger partial charge in [-0.25, -0.2) is 4.90 Å². The topological polar surface area (TPSA) is 46.6 Å². The zero-order chi connectivity index (χ0) is 21.4. The van der Waals surface area contributed by atoms with E-state index in [0.717, 1.165) is 4.90 Å². The Morgan fingerprint density at radius 3 is 1.97 bits per heavy atom. The molecule has 1 aliphatic carbocycles. The van der Waals surface area contributed by atoms with E-state index in [1.54, 1.807) is 13.8 Å². The van der Waals surface area contributed by atoms with Crippen molar-refractivity contribution in [1.82, 2.24) is 0 Å². The Bertz CT molecular complexity index is 1020. The molecule has 2 aliphatic rings. The number of piperidine rings is 1. The number of nitrogens with zero attached hydrogens (tertiary/aromatic N) is 1. The third-order valence-electron chi connectivity index (χ3n) is 6.06. The molecule has 0 spiro atoms. The highest BCUT2D eigenvalue weighted by molar-refractivity contribution is 6.36. The van der Waals surface area contributed by atoms with E-state index in [-0.39, 0.29) is 5.75 Å². The summed E-state index contributed by atoms with van der Waals surface area (Å²) in [5, 5.41) is 0.587.